The van der Waals surface area contributed by atoms with E-state index in [4.69, 9.17) is 0 Å². The van der Waals surface area contributed by atoms with Gasteiger partial charge in [0.2, 0.25) is 0 Å². The Kier molecular flexibility index (Phi) is 5.41. The van der Waals surface area contributed by atoms with Crippen molar-refractivity contribution in [3.63, 3.8) is 0 Å². The second-order valence-corrected chi connectivity index (χ2v) is 8.82. The van der Waals surface area contributed by atoms with E-state index in [0.29, 0.717) is 12.6 Å². The van der Waals surface area contributed by atoms with Crippen molar-refractivity contribution >= 4 is 9.84 Å². The van der Waals surface area contributed by atoms with Crippen molar-refractivity contribution in [3.8, 4) is 0 Å². The molecule has 1 aromatic rings. The van der Waals surface area contributed by atoms with Gasteiger partial charge in [-0.05, 0) is 26.3 Å². The fraction of sp³-hybridized carbons (Fsp3) is 0.625. The molecule has 0 spiro atoms. The summed E-state index contributed by atoms with van der Waals surface area (Å²) in [4.78, 5) is 2.30. The van der Waals surface area contributed by atoms with Crippen LogP contribution in [-0.2, 0) is 9.84 Å². The van der Waals surface area contributed by atoms with E-state index in [-0.39, 0.29) is 17.0 Å². The molecule has 1 saturated heterocycles. The fourth-order valence-electron chi connectivity index (χ4n) is 2.72. The first-order valence-electron chi connectivity index (χ1n) is 7.64. The van der Waals surface area contributed by atoms with Crippen molar-refractivity contribution in [3.05, 3.63) is 35.9 Å². The van der Waals surface area contributed by atoms with Crippen LogP contribution in [0.25, 0.3) is 0 Å². The van der Waals surface area contributed by atoms with Crippen LogP contribution in [0.5, 0.6) is 0 Å². The van der Waals surface area contributed by atoms with Gasteiger partial charge in [-0.2, -0.15) is 0 Å². The summed E-state index contributed by atoms with van der Waals surface area (Å²) in [6.07, 6.45) is 0. The predicted molar refractivity (Wildman–Crippen MR) is 87.1 cm³/mol. The number of nitrogens with zero attached hydrogens (tertiary/aromatic N) is 1. The molecule has 2 rings (SSSR count). The van der Waals surface area contributed by atoms with Gasteiger partial charge >= 0.3 is 0 Å². The normalized spacial score (nSPS) is 24.4. The van der Waals surface area contributed by atoms with E-state index >= 15 is 0 Å². The molecule has 1 fully saturated rings. The van der Waals surface area contributed by atoms with Crippen LogP contribution < -0.4 is 5.32 Å². The van der Waals surface area contributed by atoms with Gasteiger partial charge in [0.15, 0.2) is 9.84 Å². The van der Waals surface area contributed by atoms with E-state index in [1.165, 1.54) is 5.56 Å². The van der Waals surface area contributed by atoms with Crippen molar-refractivity contribution in [1.82, 2.24) is 10.2 Å². The summed E-state index contributed by atoms with van der Waals surface area (Å²) in [5.74, 6) is 0.237. The van der Waals surface area contributed by atoms with Crippen LogP contribution in [0.2, 0.25) is 0 Å². The van der Waals surface area contributed by atoms with Gasteiger partial charge in [-0.15, -0.1) is 0 Å². The highest BCUT2D eigenvalue weighted by Gasteiger charge is 2.28. The van der Waals surface area contributed by atoms with E-state index in [9.17, 15) is 8.42 Å². The highest BCUT2D eigenvalue weighted by atomic mass is 32.2. The Hall–Kier alpha value is -0.910. The largest absolute Gasteiger partial charge is 0.311 e. The summed E-state index contributed by atoms with van der Waals surface area (Å²) in [5.41, 5.74) is 1.25. The second-order valence-electron chi connectivity index (χ2n) is 6.15. The highest BCUT2D eigenvalue weighted by Crippen LogP contribution is 2.23. The molecule has 118 valence electrons. The summed E-state index contributed by atoms with van der Waals surface area (Å²) in [7, 11) is -2.98. The summed E-state index contributed by atoms with van der Waals surface area (Å²) in [5, 5.41) is 3.19. The van der Waals surface area contributed by atoms with Gasteiger partial charge in [0.1, 0.15) is 0 Å². The molecule has 0 radical (unpaired) electrons. The molecule has 2 unspecified atom stereocenters. The van der Waals surface area contributed by atoms with Gasteiger partial charge in [0.25, 0.3) is 0 Å². The molecule has 0 aliphatic carbocycles. The zero-order valence-electron chi connectivity index (χ0n) is 13.1. The van der Waals surface area contributed by atoms with Crippen LogP contribution in [-0.4, -0.2) is 50.0 Å². The van der Waals surface area contributed by atoms with Crippen LogP contribution in [0, 0.1) is 0 Å². The smallest absolute Gasteiger partial charge is 0.153 e. The Bertz CT molecular complexity index is 543. The average molecular weight is 310 g/mol. The Labute approximate surface area is 128 Å². The number of hydrogen-bond acceptors (Lipinski definition) is 4. The predicted octanol–water partition coefficient (Wildman–Crippen LogP) is 1.84. The van der Waals surface area contributed by atoms with Crippen molar-refractivity contribution in [2.45, 2.75) is 38.1 Å². The van der Waals surface area contributed by atoms with Gasteiger partial charge in [0.05, 0.1) is 11.0 Å². The monoisotopic (exact) mass is 310 g/mol. The molecule has 0 amide bonds. The van der Waals surface area contributed by atoms with E-state index in [2.05, 4.69) is 29.3 Å². The molecular weight excluding hydrogens is 284 g/mol. The SMILES string of the molecule is CC1CN(CCS(=O)(=O)C(C)C)C(c2ccccc2)CN1. The van der Waals surface area contributed by atoms with Gasteiger partial charge in [-0.1, -0.05) is 30.3 Å². The molecule has 2 atom stereocenters. The Morgan fingerprint density at radius 3 is 2.57 bits per heavy atom. The van der Waals surface area contributed by atoms with Crippen LogP contribution >= 0.6 is 0 Å². The molecule has 4 nitrogen and oxygen atoms in total. The third kappa shape index (κ3) is 4.28. The van der Waals surface area contributed by atoms with E-state index < -0.39 is 9.84 Å². The molecule has 21 heavy (non-hydrogen) atoms. The standard InChI is InChI=1S/C16H26N2O2S/c1-13(2)21(19,20)10-9-18-12-14(3)17-11-16(18)15-7-5-4-6-8-15/h4-8,13-14,16-17H,9-12H2,1-3H3. The molecule has 0 bridgehead atoms. The number of piperazine rings is 1. The maximum Gasteiger partial charge on any atom is 0.153 e. The first-order valence-corrected chi connectivity index (χ1v) is 9.35. The topological polar surface area (TPSA) is 49.4 Å². The zero-order valence-corrected chi connectivity index (χ0v) is 13.9. The summed E-state index contributed by atoms with van der Waals surface area (Å²) in [6, 6.07) is 11.0. The minimum Gasteiger partial charge on any atom is -0.311 e. The maximum absolute atomic E-state index is 12.1. The summed E-state index contributed by atoms with van der Waals surface area (Å²) in [6.45, 7) is 8.01. The molecule has 1 aromatic carbocycles. The van der Waals surface area contributed by atoms with Crippen LogP contribution in [0.3, 0.4) is 0 Å². The Morgan fingerprint density at radius 1 is 1.29 bits per heavy atom. The lowest BCUT2D eigenvalue weighted by molar-refractivity contribution is 0.144. The second kappa shape index (κ2) is 6.90. The van der Waals surface area contributed by atoms with Crippen molar-refractivity contribution in [2.75, 3.05) is 25.4 Å². The lowest BCUT2D eigenvalue weighted by Crippen LogP contribution is -2.52. The number of nitrogens with one attached hydrogen (secondary N) is 1. The lowest BCUT2D eigenvalue weighted by Gasteiger charge is -2.39. The maximum atomic E-state index is 12.1. The third-order valence-corrected chi connectivity index (χ3v) is 6.36. The fourth-order valence-corrected chi connectivity index (χ4v) is 3.68. The molecule has 0 aromatic heterocycles. The minimum absolute atomic E-state index is 0.237. The number of hydrogen-bond donors (Lipinski definition) is 1. The number of rotatable bonds is 5. The van der Waals surface area contributed by atoms with Gasteiger partial charge in [0, 0.05) is 31.7 Å². The summed E-state index contributed by atoms with van der Waals surface area (Å²) < 4.78 is 24.1. The molecule has 1 N–H and O–H groups in total. The van der Waals surface area contributed by atoms with E-state index in [0.717, 1.165) is 13.1 Å². The van der Waals surface area contributed by atoms with Crippen LogP contribution in [0.4, 0.5) is 0 Å². The molecule has 1 heterocycles. The molecule has 5 heteroatoms. The van der Waals surface area contributed by atoms with Crippen molar-refractivity contribution < 1.29 is 8.42 Å². The van der Waals surface area contributed by atoms with Crippen LogP contribution in [0.15, 0.2) is 30.3 Å². The van der Waals surface area contributed by atoms with Gasteiger partial charge in [-0.25, -0.2) is 8.42 Å². The first kappa shape index (κ1) is 16.5. The quantitative estimate of drug-likeness (QED) is 0.902. The van der Waals surface area contributed by atoms with E-state index in [1.54, 1.807) is 13.8 Å². The highest BCUT2D eigenvalue weighted by molar-refractivity contribution is 7.92. The Morgan fingerprint density at radius 2 is 1.95 bits per heavy atom. The zero-order chi connectivity index (χ0) is 15.5. The van der Waals surface area contributed by atoms with Crippen molar-refractivity contribution in [1.29, 1.82) is 0 Å². The number of sulfone groups is 1. The van der Waals surface area contributed by atoms with E-state index in [1.807, 2.05) is 18.2 Å². The summed E-state index contributed by atoms with van der Waals surface area (Å²) >= 11 is 0. The number of benzene rings is 1. The van der Waals surface area contributed by atoms with Crippen molar-refractivity contribution in [2.24, 2.45) is 0 Å². The lowest BCUT2D eigenvalue weighted by atomic mass is 10.0. The first-order chi connectivity index (χ1) is 9.90. The molecule has 1 aliphatic heterocycles. The third-order valence-electron chi connectivity index (χ3n) is 4.17. The molecule has 1 aliphatic rings. The molecule has 0 saturated carbocycles. The van der Waals surface area contributed by atoms with Gasteiger partial charge in [-0.3, -0.25) is 4.90 Å². The minimum atomic E-state index is -2.98. The molecular formula is C16H26N2O2S. The van der Waals surface area contributed by atoms with Gasteiger partial charge < -0.3 is 5.32 Å². The Balaban J connectivity index is 2.09. The van der Waals surface area contributed by atoms with Crippen LogP contribution in [0.1, 0.15) is 32.4 Å². The average Bonchev–Trinajstić information content (AvgIpc) is 2.46.